The molecule has 6 heteroatoms. The third-order valence-electron chi connectivity index (χ3n) is 3.52. The first-order valence-electron chi connectivity index (χ1n) is 7.00. The summed E-state index contributed by atoms with van der Waals surface area (Å²) in [6, 6.07) is 5.08. The normalized spacial score (nSPS) is 11.9. The van der Waals surface area contributed by atoms with Crippen LogP contribution >= 0.6 is 0 Å². The van der Waals surface area contributed by atoms with Gasteiger partial charge in [0.05, 0.1) is 26.0 Å². The van der Waals surface area contributed by atoms with Crippen LogP contribution in [0.15, 0.2) is 24.4 Å². The van der Waals surface area contributed by atoms with Crippen LogP contribution in [0.1, 0.15) is 34.6 Å². The largest absolute Gasteiger partial charge is 0.496 e. The molecule has 0 spiro atoms. The predicted molar refractivity (Wildman–Crippen MR) is 83.4 cm³/mol. The highest BCUT2D eigenvalue weighted by molar-refractivity contribution is 5.99. The molecular weight excluding hydrogens is 282 g/mol. The van der Waals surface area contributed by atoms with Gasteiger partial charge in [0.25, 0.3) is 5.91 Å². The summed E-state index contributed by atoms with van der Waals surface area (Å²) in [5, 5.41) is 7.26. The van der Waals surface area contributed by atoms with E-state index in [1.807, 2.05) is 27.1 Å². The lowest BCUT2D eigenvalue weighted by atomic mass is 10.1. The predicted octanol–water partition coefficient (Wildman–Crippen LogP) is 2.24. The first kappa shape index (κ1) is 15.9. The Balaban J connectivity index is 2.27. The molecule has 1 aromatic heterocycles. The summed E-state index contributed by atoms with van der Waals surface area (Å²) >= 11 is 0. The van der Waals surface area contributed by atoms with Gasteiger partial charge in [0, 0.05) is 18.8 Å². The Morgan fingerprint density at radius 3 is 2.32 bits per heavy atom. The average molecular weight is 303 g/mol. The van der Waals surface area contributed by atoms with E-state index in [4.69, 9.17) is 9.47 Å². The SMILES string of the molecule is COc1cccc(OC)c1C(=O)NC(C)c1cn(C)nc1C. The van der Waals surface area contributed by atoms with Crippen LogP contribution in [-0.2, 0) is 7.05 Å². The number of benzene rings is 1. The Labute approximate surface area is 130 Å². The summed E-state index contributed by atoms with van der Waals surface area (Å²) in [6.07, 6.45) is 1.90. The second-order valence-electron chi connectivity index (χ2n) is 5.08. The van der Waals surface area contributed by atoms with E-state index >= 15 is 0 Å². The molecule has 22 heavy (non-hydrogen) atoms. The summed E-state index contributed by atoms with van der Waals surface area (Å²) < 4.78 is 12.3. The number of carbonyl (C=O) groups excluding carboxylic acids is 1. The van der Waals surface area contributed by atoms with Gasteiger partial charge >= 0.3 is 0 Å². The second-order valence-corrected chi connectivity index (χ2v) is 5.08. The highest BCUT2D eigenvalue weighted by atomic mass is 16.5. The molecule has 1 atom stereocenters. The van der Waals surface area contributed by atoms with Gasteiger partial charge in [-0.05, 0) is 26.0 Å². The maximum absolute atomic E-state index is 12.6. The van der Waals surface area contributed by atoms with E-state index in [-0.39, 0.29) is 11.9 Å². The Bertz CT molecular complexity index is 657. The lowest BCUT2D eigenvalue weighted by Gasteiger charge is -2.16. The molecule has 0 fully saturated rings. The Hall–Kier alpha value is -2.50. The van der Waals surface area contributed by atoms with Gasteiger partial charge < -0.3 is 14.8 Å². The van der Waals surface area contributed by atoms with Crippen molar-refractivity contribution in [3.63, 3.8) is 0 Å². The lowest BCUT2D eigenvalue weighted by molar-refractivity contribution is 0.0933. The van der Waals surface area contributed by atoms with Gasteiger partial charge in [-0.1, -0.05) is 6.07 Å². The van der Waals surface area contributed by atoms with Crippen LogP contribution in [0.5, 0.6) is 11.5 Å². The molecule has 0 aliphatic rings. The van der Waals surface area contributed by atoms with E-state index in [0.717, 1.165) is 11.3 Å². The number of nitrogens with zero attached hydrogens (tertiary/aromatic N) is 2. The summed E-state index contributed by atoms with van der Waals surface area (Å²) in [5.74, 6) is 0.712. The molecule has 0 aliphatic heterocycles. The van der Waals surface area contributed by atoms with Crippen molar-refractivity contribution in [2.75, 3.05) is 14.2 Å². The number of nitrogens with one attached hydrogen (secondary N) is 1. The quantitative estimate of drug-likeness (QED) is 0.920. The lowest BCUT2D eigenvalue weighted by Crippen LogP contribution is -2.27. The van der Waals surface area contributed by atoms with Crippen molar-refractivity contribution in [1.29, 1.82) is 0 Å². The van der Waals surface area contributed by atoms with Crippen molar-refractivity contribution in [2.45, 2.75) is 19.9 Å². The van der Waals surface area contributed by atoms with Gasteiger partial charge in [0.2, 0.25) is 0 Å². The number of carbonyl (C=O) groups is 1. The van der Waals surface area contributed by atoms with Crippen LogP contribution < -0.4 is 14.8 Å². The third-order valence-corrected chi connectivity index (χ3v) is 3.52. The molecular formula is C16H21N3O3. The molecule has 0 aliphatic carbocycles. The molecule has 1 amide bonds. The van der Waals surface area contributed by atoms with Crippen LogP contribution in [0.2, 0.25) is 0 Å². The molecule has 6 nitrogen and oxygen atoms in total. The fourth-order valence-corrected chi connectivity index (χ4v) is 2.46. The molecule has 0 saturated heterocycles. The maximum atomic E-state index is 12.6. The zero-order valence-electron chi connectivity index (χ0n) is 13.5. The number of ether oxygens (including phenoxy) is 2. The highest BCUT2D eigenvalue weighted by Crippen LogP contribution is 2.29. The van der Waals surface area contributed by atoms with Gasteiger partial charge in [-0.25, -0.2) is 0 Å². The number of rotatable bonds is 5. The minimum absolute atomic E-state index is 0.171. The Kier molecular flexibility index (Phi) is 4.70. The van der Waals surface area contributed by atoms with E-state index in [0.29, 0.717) is 17.1 Å². The van der Waals surface area contributed by atoms with E-state index in [1.54, 1.807) is 22.9 Å². The number of aromatic nitrogens is 2. The summed E-state index contributed by atoms with van der Waals surface area (Å²) in [6.45, 7) is 3.84. The third kappa shape index (κ3) is 3.05. The van der Waals surface area contributed by atoms with E-state index in [9.17, 15) is 4.79 Å². The highest BCUT2D eigenvalue weighted by Gasteiger charge is 2.21. The molecule has 1 heterocycles. The number of hydrogen-bond donors (Lipinski definition) is 1. The van der Waals surface area contributed by atoms with Crippen LogP contribution in [0.3, 0.4) is 0 Å². The second kappa shape index (κ2) is 6.51. The summed E-state index contributed by atoms with van der Waals surface area (Å²) in [7, 11) is 4.91. The van der Waals surface area contributed by atoms with Crippen molar-refractivity contribution in [3.8, 4) is 11.5 Å². The number of hydrogen-bond acceptors (Lipinski definition) is 4. The maximum Gasteiger partial charge on any atom is 0.259 e. The van der Waals surface area contributed by atoms with E-state index in [1.165, 1.54) is 14.2 Å². The zero-order valence-corrected chi connectivity index (χ0v) is 13.5. The molecule has 0 bridgehead atoms. The van der Waals surface area contributed by atoms with Crippen LogP contribution in [-0.4, -0.2) is 29.9 Å². The topological polar surface area (TPSA) is 65.4 Å². The van der Waals surface area contributed by atoms with Gasteiger partial charge in [0.1, 0.15) is 17.1 Å². The van der Waals surface area contributed by atoms with E-state index in [2.05, 4.69) is 10.4 Å². The monoisotopic (exact) mass is 303 g/mol. The molecule has 118 valence electrons. The van der Waals surface area contributed by atoms with Gasteiger partial charge in [-0.3, -0.25) is 9.48 Å². The summed E-state index contributed by atoms with van der Waals surface area (Å²) in [5.41, 5.74) is 2.26. The first-order valence-corrected chi connectivity index (χ1v) is 7.00. The standard InChI is InChI=1S/C16H21N3O3/c1-10(12-9-19(3)18-11(12)2)17-16(20)15-13(21-4)7-6-8-14(15)22-5/h6-10H,1-5H3,(H,17,20). The van der Waals surface area contributed by atoms with Gasteiger partial charge in [-0.15, -0.1) is 0 Å². The Morgan fingerprint density at radius 1 is 1.27 bits per heavy atom. The minimum atomic E-state index is -0.245. The molecule has 0 saturated carbocycles. The van der Waals surface area contributed by atoms with Crippen LogP contribution in [0.25, 0.3) is 0 Å². The molecule has 0 radical (unpaired) electrons. The van der Waals surface area contributed by atoms with Crippen molar-refractivity contribution in [2.24, 2.45) is 7.05 Å². The van der Waals surface area contributed by atoms with Crippen molar-refractivity contribution in [1.82, 2.24) is 15.1 Å². The Morgan fingerprint density at radius 2 is 1.86 bits per heavy atom. The van der Waals surface area contributed by atoms with Crippen LogP contribution in [0.4, 0.5) is 0 Å². The molecule has 2 rings (SSSR count). The van der Waals surface area contributed by atoms with Crippen molar-refractivity contribution in [3.05, 3.63) is 41.2 Å². The number of amides is 1. The van der Waals surface area contributed by atoms with Crippen molar-refractivity contribution >= 4 is 5.91 Å². The molecule has 1 aromatic carbocycles. The first-order chi connectivity index (χ1) is 10.5. The van der Waals surface area contributed by atoms with E-state index < -0.39 is 0 Å². The number of methoxy groups -OCH3 is 2. The smallest absolute Gasteiger partial charge is 0.259 e. The zero-order chi connectivity index (χ0) is 16.3. The van der Waals surface area contributed by atoms with Gasteiger partial charge in [0.15, 0.2) is 0 Å². The average Bonchev–Trinajstić information content (AvgIpc) is 2.84. The fraction of sp³-hybridized carbons (Fsp3) is 0.375. The van der Waals surface area contributed by atoms with Crippen LogP contribution in [0, 0.1) is 6.92 Å². The fourth-order valence-electron chi connectivity index (χ4n) is 2.46. The molecule has 1 N–H and O–H groups in total. The molecule has 1 unspecified atom stereocenters. The molecule has 2 aromatic rings. The summed E-state index contributed by atoms with van der Waals surface area (Å²) in [4.78, 5) is 12.6. The van der Waals surface area contributed by atoms with Gasteiger partial charge in [-0.2, -0.15) is 5.10 Å². The van der Waals surface area contributed by atoms with Crippen molar-refractivity contribution < 1.29 is 14.3 Å². The number of aryl methyl sites for hydroxylation is 2. The minimum Gasteiger partial charge on any atom is -0.496 e.